The van der Waals surface area contributed by atoms with E-state index in [2.05, 4.69) is 27.8 Å². The molecular formula is C21H32N4O3. The van der Waals surface area contributed by atoms with Crippen molar-refractivity contribution in [2.75, 3.05) is 33.2 Å². The van der Waals surface area contributed by atoms with Crippen LogP contribution in [-0.4, -0.2) is 61.6 Å². The summed E-state index contributed by atoms with van der Waals surface area (Å²) in [5, 5.41) is 6.15. The number of guanidine groups is 1. The van der Waals surface area contributed by atoms with Crippen LogP contribution in [0.25, 0.3) is 0 Å². The van der Waals surface area contributed by atoms with Crippen molar-refractivity contribution in [3.8, 4) is 0 Å². The Morgan fingerprint density at radius 3 is 2.61 bits per heavy atom. The van der Waals surface area contributed by atoms with Crippen LogP contribution in [0.2, 0.25) is 0 Å². The van der Waals surface area contributed by atoms with Gasteiger partial charge in [-0.3, -0.25) is 14.6 Å². The summed E-state index contributed by atoms with van der Waals surface area (Å²) < 4.78 is 5.27. The number of esters is 1. The Morgan fingerprint density at radius 2 is 1.96 bits per heavy atom. The topological polar surface area (TPSA) is 83.0 Å². The van der Waals surface area contributed by atoms with Gasteiger partial charge in [0.2, 0.25) is 5.91 Å². The van der Waals surface area contributed by atoms with Gasteiger partial charge in [-0.25, -0.2) is 0 Å². The molecule has 0 aliphatic carbocycles. The van der Waals surface area contributed by atoms with E-state index in [1.807, 2.05) is 43.9 Å². The van der Waals surface area contributed by atoms with Crippen molar-refractivity contribution in [2.45, 2.75) is 39.2 Å². The van der Waals surface area contributed by atoms with Crippen LogP contribution in [0.3, 0.4) is 0 Å². The van der Waals surface area contributed by atoms with E-state index >= 15 is 0 Å². The van der Waals surface area contributed by atoms with E-state index in [0.29, 0.717) is 18.9 Å². The van der Waals surface area contributed by atoms with E-state index in [1.54, 1.807) is 7.05 Å². The molecule has 0 saturated carbocycles. The first-order chi connectivity index (χ1) is 13.3. The van der Waals surface area contributed by atoms with Crippen molar-refractivity contribution in [3.63, 3.8) is 0 Å². The predicted octanol–water partition coefficient (Wildman–Crippen LogP) is 1.58. The summed E-state index contributed by atoms with van der Waals surface area (Å²) in [4.78, 5) is 30.1. The van der Waals surface area contributed by atoms with Crippen LogP contribution in [0.15, 0.2) is 35.3 Å². The number of hydrogen-bond acceptors (Lipinski definition) is 4. The van der Waals surface area contributed by atoms with Gasteiger partial charge in [-0.2, -0.15) is 0 Å². The zero-order chi connectivity index (χ0) is 20.6. The molecule has 2 N–H and O–H groups in total. The summed E-state index contributed by atoms with van der Waals surface area (Å²) in [5.41, 5.74) is 0.729. The van der Waals surface area contributed by atoms with Gasteiger partial charge in [-0.1, -0.05) is 30.3 Å². The standard InChI is InChI=1S/C21H32N4O3/c1-21(2,3)28-19(27)14-24-20(22-4)23-13-17-12-18(26)25(15-17)11-10-16-8-6-5-7-9-16/h5-9,17H,10-15H2,1-4H3,(H2,22,23,24). The molecule has 28 heavy (non-hydrogen) atoms. The van der Waals surface area contributed by atoms with Crippen LogP contribution in [0.4, 0.5) is 0 Å². The molecule has 1 aromatic carbocycles. The Morgan fingerprint density at radius 1 is 1.25 bits per heavy atom. The third kappa shape index (κ3) is 7.58. The molecule has 2 rings (SSSR count). The van der Waals surface area contributed by atoms with Crippen molar-refractivity contribution in [1.29, 1.82) is 0 Å². The molecule has 0 bridgehead atoms. The fraction of sp³-hybridized carbons (Fsp3) is 0.571. The molecule has 0 aromatic heterocycles. The number of carbonyl (C=O) groups excluding carboxylic acids is 2. The minimum atomic E-state index is -0.511. The lowest BCUT2D eigenvalue weighted by Crippen LogP contribution is -2.43. The lowest BCUT2D eigenvalue weighted by Gasteiger charge is -2.20. The Balaban J connectivity index is 1.71. The van der Waals surface area contributed by atoms with E-state index in [0.717, 1.165) is 19.5 Å². The number of aliphatic imine (C=N–C) groups is 1. The summed E-state index contributed by atoms with van der Waals surface area (Å²) in [6.45, 7) is 7.65. The average molecular weight is 389 g/mol. The van der Waals surface area contributed by atoms with Gasteiger partial charge in [0.15, 0.2) is 5.96 Å². The third-order valence-electron chi connectivity index (χ3n) is 4.41. The smallest absolute Gasteiger partial charge is 0.325 e. The molecule has 0 spiro atoms. The molecule has 154 valence electrons. The van der Waals surface area contributed by atoms with E-state index in [1.165, 1.54) is 5.56 Å². The molecule has 0 radical (unpaired) electrons. The molecule has 7 heteroatoms. The van der Waals surface area contributed by atoms with Crippen LogP contribution in [-0.2, 0) is 20.7 Å². The molecule has 1 atom stereocenters. The molecular weight excluding hydrogens is 356 g/mol. The van der Waals surface area contributed by atoms with E-state index in [-0.39, 0.29) is 24.3 Å². The van der Waals surface area contributed by atoms with E-state index in [9.17, 15) is 9.59 Å². The van der Waals surface area contributed by atoms with Gasteiger partial charge in [0, 0.05) is 39.0 Å². The minimum Gasteiger partial charge on any atom is -0.459 e. The lowest BCUT2D eigenvalue weighted by atomic mass is 10.1. The molecule has 1 saturated heterocycles. The fourth-order valence-electron chi connectivity index (χ4n) is 3.11. The maximum Gasteiger partial charge on any atom is 0.325 e. The van der Waals surface area contributed by atoms with Crippen molar-refractivity contribution >= 4 is 17.8 Å². The maximum atomic E-state index is 12.3. The second-order valence-electron chi connectivity index (χ2n) is 8.04. The molecule has 1 fully saturated rings. The monoisotopic (exact) mass is 388 g/mol. The quantitative estimate of drug-likeness (QED) is 0.421. The summed E-state index contributed by atoms with van der Waals surface area (Å²) >= 11 is 0. The highest BCUT2D eigenvalue weighted by Crippen LogP contribution is 2.17. The average Bonchev–Trinajstić information content (AvgIpc) is 2.99. The van der Waals surface area contributed by atoms with Crippen LogP contribution in [0, 0.1) is 5.92 Å². The Hall–Kier alpha value is -2.57. The summed E-state index contributed by atoms with van der Waals surface area (Å²) in [6, 6.07) is 10.2. The highest BCUT2D eigenvalue weighted by molar-refractivity contribution is 5.84. The fourth-order valence-corrected chi connectivity index (χ4v) is 3.11. The lowest BCUT2D eigenvalue weighted by molar-refractivity contribution is -0.153. The van der Waals surface area contributed by atoms with Crippen molar-refractivity contribution < 1.29 is 14.3 Å². The largest absolute Gasteiger partial charge is 0.459 e. The van der Waals surface area contributed by atoms with Gasteiger partial charge >= 0.3 is 5.97 Å². The van der Waals surface area contributed by atoms with Gasteiger partial charge in [0.25, 0.3) is 0 Å². The molecule has 1 aliphatic heterocycles. The molecule has 7 nitrogen and oxygen atoms in total. The summed E-state index contributed by atoms with van der Waals surface area (Å²) in [6.07, 6.45) is 1.40. The number of carbonyl (C=O) groups is 2. The van der Waals surface area contributed by atoms with Gasteiger partial charge in [-0.15, -0.1) is 0 Å². The Kier molecular flexibility index (Phi) is 7.84. The van der Waals surface area contributed by atoms with Crippen molar-refractivity contribution in [1.82, 2.24) is 15.5 Å². The highest BCUT2D eigenvalue weighted by atomic mass is 16.6. The highest BCUT2D eigenvalue weighted by Gasteiger charge is 2.29. The number of likely N-dealkylation sites (tertiary alicyclic amines) is 1. The van der Waals surface area contributed by atoms with Crippen LogP contribution in [0.1, 0.15) is 32.8 Å². The number of hydrogen-bond donors (Lipinski definition) is 2. The SMILES string of the molecule is CN=C(NCC(=O)OC(C)(C)C)NCC1CC(=O)N(CCc2ccccc2)C1. The first kappa shape index (κ1) is 21.7. The normalized spacial score (nSPS) is 17.6. The van der Waals surface area contributed by atoms with E-state index in [4.69, 9.17) is 4.74 Å². The van der Waals surface area contributed by atoms with Crippen LogP contribution >= 0.6 is 0 Å². The molecule has 1 heterocycles. The summed E-state index contributed by atoms with van der Waals surface area (Å²) in [5.74, 6) is 0.613. The van der Waals surface area contributed by atoms with Crippen molar-refractivity contribution in [2.24, 2.45) is 10.9 Å². The van der Waals surface area contributed by atoms with Crippen molar-refractivity contribution in [3.05, 3.63) is 35.9 Å². The van der Waals surface area contributed by atoms with Gasteiger partial charge < -0.3 is 20.3 Å². The minimum absolute atomic E-state index is 0.0454. The van der Waals surface area contributed by atoms with Crippen LogP contribution in [0.5, 0.6) is 0 Å². The molecule has 1 amide bonds. The maximum absolute atomic E-state index is 12.3. The zero-order valence-electron chi connectivity index (χ0n) is 17.3. The molecule has 1 aromatic rings. The van der Waals surface area contributed by atoms with Crippen LogP contribution < -0.4 is 10.6 Å². The number of amides is 1. The predicted molar refractivity (Wildman–Crippen MR) is 110 cm³/mol. The third-order valence-corrected chi connectivity index (χ3v) is 4.41. The number of rotatable bonds is 7. The Bertz CT molecular complexity index is 683. The molecule has 1 unspecified atom stereocenters. The zero-order valence-corrected chi connectivity index (χ0v) is 17.3. The number of nitrogens with zero attached hydrogens (tertiary/aromatic N) is 2. The van der Waals surface area contributed by atoms with Gasteiger partial charge in [0.1, 0.15) is 12.1 Å². The first-order valence-electron chi connectivity index (χ1n) is 9.75. The van der Waals surface area contributed by atoms with Gasteiger partial charge in [0.05, 0.1) is 0 Å². The Labute approximate surface area is 167 Å². The number of benzene rings is 1. The number of nitrogens with one attached hydrogen (secondary N) is 2. The van der Waals surface area contributed by atoms with E-state index < -0.39 is 5.60 Å². The number of ether oxygens (including phenoxy) is 1. The second-order valence-corrected chi connectivity index (χ2v) is 8.04. The first-order valence-corrected chi connectivity index (χ1v) is 9.75. The molecule has 1 aliphatic rings. The van der Waals surface area contributed by atoms with Gasteiger partial charge in [-0.05, 0) is 32.8 Å². The summed E-state index contributed by atoms with van der Waals surface area (Å²) in [7, 11) is 1.65. The second kappa shape index (κ2) is 10.1.